The van der Waals surface area contributed by atoms with Crippen LogP contribution in [0.25, 0.3) is 0 Å². The minimum absolute atomic E-state index is 0.00432. The Morgan fingerprint density at radius 2 is 2.17 bits per heavy atom. The zero-order chi connectivity index (χ0) is 20.2. The zero-order valence-electron chi connectivity index (χ0n) is 17.2. The van der Waals surface area contributed by atoms with E-state index < -0.39 is 0 Å². The number of fused-ring (bicyclic) bond motifs is 6. The van der Waals surface area contributed by atoms with Gasteiger partial charge in [-0.2, -0.15) is 0 Å². The van der Waals surface area contributed by atoms with Crippen molar-refractivity contribution in [3.63, 3.8) is 0 Å². The van der Waals surface area contributed by atoms with Crippen LogP contribution in [-0.2, 0) is 20.8 Å². The number of esters is 1. The lowest BCUT2D eigenvalue weighted by atomic mass is 9.77. The van der Waals surface area contributed by atoms with E-state index in [0.717, 1.165) is 42.6 Å². The number of hydrogen-bond acceptors (Lipinski definition) is 3. The van der Waals surface area contributed by atoms with Gasteiger partial charge in [-0.1, -0.05) is 36.4 Å². The topological polar surface area (TPSA) is 26.3 Å². The number of rotatable bonds is 3. The number of carbonyl (C=O) groups excluding carboxylic acids is 1. The number of likely N-dealkylation sites (N-methyl/N-ethyl adjacent to an activating group) is 1. The molecular weight excluding hydrogens is 402 g/mol. The van der Waals surface area contributed by atoms with Crippen molar-refractivity contribution in [3.8, 4) is 0 Å². The first-order chi connectivity index (χ1) is 14.1. The molecule has 0 bridgehead atoms. The van der Waals surface area contributed by atoms with Crippen LogP contribution >= 0.6 is 23.4 Å². The summed E-state index contributed by atoms with van der Waals surface area (Å²) in [5.41, 5.74) is 4.18. The van der Waals surface area contributed by atoms with Crippen molar-refractivity contribution < 1.29 is 14.0 Å². The highest BCUT2D eigenvalue weighted by atomic mass is 35.5. The molecule has 0 radical (unpaired) electrons. The Bertz CT molecular complexity index is 912. The van der Waals surface area contributed by atoms with Gasteiger partial charge in [-0.25, -0.2) is 0 Å². The van der Waals surface area contributed by atoms with E-state index in [9.17, 15) is 4.79 Å². The molecule has 0 N–H and O–H groups in total. The number of ether oxygens (including phenoxy) is 1. The third-order valence-electron chi connectivity index (χ3n) is 7.63. The van der Waals surface area contributed by atoms with E-state index in [2.05, 4.69) is 43.3 Å². The maximum Gasteiger partial charge on any atom is 0.315 e. The quantitative estimate of drug-likeness (QED) is 0.287. The lowest BCUT2D eigenvalue weighted by molar-refractivity contribution is -0.846. The van der Waals surface area contributed by atoms with E-state index in [-0.39, 0.29) is 28.8 Å². The summed E-state index contributed by atoms with van der Waals surface area (Å²) in [6, 6.07) is 9.19. The van der Waals surface area contributed by atoms with Gasteiger partial charge in [-0.05, 0) is 38.7 Å². The highest BCUT2D eigenvalue weighted by Gasteiger charge is 2.84. The van der Waals surface area contributed by atoms with Crippen molar-refractivity contribution in [1.29, 1.82) is 0 Å². The monoisotopic (exact) mass is 430 g/mol. The number of halogens is 1. The molecular formula is C24H29ClNO2S+. The van der Waals surface area contributed by atoms with Crippen LogP contribution in [0.15, 0.2) is 46.9 Å². The molecule has 0 aromatic heterocycles. The minimum Gasteiger partial charge on any atom is -0.466 e. The molecule has 0 amide bonds. The van der Waals surface area contributed by atoms with Crippen molar-refractivity contribution in [2.75, 3.05) is 19.7 Å². The molecule has 1 aromatic rings. The van der Waals surface area contributed by atoms with Gasteiger partial charge in [0.05, 0.1) is 25.1 Å². The summed E-state index contributed by atoms with van der Waals surface area (Å²) in [5.74, 6) is 0.942. The van der Waals surface area contributed by atoms with Gasteiger partial charge in [0, 0.05) is 21.8 Å². The third-order valence-corrected chi connectivity index (χ3v) is 9.08. The number of benzene rings is 1. The molecule has 1 aliphatic carbocycles. The number of hydrogen-bond donors (Lipinski definition) is 0. The van der Waals surface area contributed by atoms with Crippen LogP contribution in [-0.4, -0.2) is 41.6 Å². The van der Waals surface area contributed by atoms with Gasteiger partial charge in [-0.15, -0.1) is 23.4 Å². The van der Waals surface area contributed by atoms with Gasteiger partial charge >= 0.3 is 5.97 Å². The van der Waals surface area contributed by atoms with E-state index in [4.69, 9.17) is 16.3 Å². The van der Waals surface area contributed by atoms with Gasteiger partial charge in [0.25, 0.3) is 0 Å². The highest BCUT2D eigenvalue weighted by Crippen LogP contribution is 2.70. The van der Waals surface area contributed by atoms with Crippen LogP contribution in [0.3, 0.4) is 0 Å². The van der Waals surface area contributed by atoms with E-state index in [0.29, 0.717) is 6.61 Å². The summed E-state index contributed by atoms with van der Waals surface area (Å²) in [5, 5.41) is 0.0262. The standard InChI is InChI=1S/C24H29ClNO2S/c1-3-26-13-7-9-18(23(27)28-4-2)22(26)24(26)19-10-6-5-8-16(19)15-29-21-12-11-17(25)14-20(21)24/h5-6,8,10-12,17-18,22H,3-4,7,9,13-15H2,1-2H3/q+1/t17?,18?,22?,24-,26?/m1/s1. The molecule has 0 saturated carbocycles. The van der Waals surface area contributed by atoms with E-state index in [1.165, 1.54) is 21.6 Å². The molecule has 29 heavy (non-hydrogen) atoms. The molecule has 3 aliphatic heterocycles. The SMILES string of the molecule is CCOC(=O)C1CCC[N+]2(CC)C1[C@@]21C2=C(C=CC(Cl)C2)SCc2ccccc21. The summed E-state index contributed by atoms with van der Waals surface area (Å²) in [6.07, 6.45) is 7.26. The predicted molar refractivity (Wildman–Crippen MR) is 119 cm³/mol. The molecule has 3 heterocycles. The maximum absolute atomic E-state index is 13.0. The molecule has 5 rings (SSSR count). The molecule has 2 fully saturated rings. The number of piperidine rings is 1. The number of nitrogens with zero attached hydrogens (tertiary/aromatic N) is 1. The molecule has 4 unspecified atom stereocenters. The second-order valence-electron chi connectivity index (χ2n) is 8.65. The number of carbonyl (C=O) groups is 1. The van der Waals surface area contributed by atoms with Crippen molar-refractivity contribution in [2.45, 2.75) is 55.8 Å². The smallest absolute Gasteiger partial charge is 0.315 e. The van der Waals surface area contributed by atoms with Crippen LogP contribution < -0.4 is 0 Å². The largest absolute Gasteiger partial charge is 0.466 e. The first kappa shape index (κ1) is 19.7. The molecule has 5 heteroatoms. The Balaban J connectivity index is 1.75. The van der Waals surface area contributed by atoms with Gasteiger partial charge in [-0.3, -0.25) is 9.28 Å². The normalized spacial score (nSPS) is 37.4. The van der Waals surface area contributed by atoms with Crippen molar-refractivity contribution in [2.24, 2.45) is 5.92 Å². The number of quaternary nitrogens is 1. The van der Waals surface area contributed by atoms with E-state index >= 15 is 0 Å². The average molecular weight is 431 g/mol. The van der Waals surface area contributed by atoms with Crippen LogP contribution in [0.5, 0.6) is 0 Å². The number of alkyl halides is 1. The Hall–Kier alpha value is -1.23. The van der Waals surface area contributed by atoms with Crippen molar-refractivity contribution in [1.82, 2.24) is 0 Å². The lowest BCUT2D eigenvalue weighted by Gasteiger charge is -2.31. The minimum atomic E-state index is -0.129. The fourth-order valence-corrected chi connectivity index (χ4v) is 8.05. The predicted octanol–water partition coefficient (Wildman–Crippen LogP) is 5.14. The van der Waals surface area contributed by atoms with Crippen LogP contribution in [0.4, 0.5) is 0 Å². The summed E-state index contributed by atoms with van der Waals surface area (Å²) in [7, 11) is 0. The van der Waals surface area contributed by atoms with Gasteiger partial charge in [0.1, 0.15) is 5.92 Å². The van der Waals surface area contributed by atoms with E-state index in [1.54, 1.807) is 0 Å². The average Bonchev–Trinajstić information content (AvgIpc) is 3.40. The Labute approximate surface area is 182 Å². The van der Waals surface area contributed by atoms with Crippen molar-refractivity contribution >= 4 is 29.3 Å². The van der Waals surface area contributed by atoms with Crippen LogP contribution in [0, 0.1) is 5.92 Å². The Morgan fingerprint density at radius 3 is 2.97 bits per heavy atom. The molecule has 4 aliphatic rings. The summed E-state index contributed by atoms with van der Waals surface area (Å²) < 4.78 is 6.56. The van der Waals surface area contributed by atoms with Crippen LogP contribution in [0.1, 0.15) is 44.2 Å². The second-order valence-corrected chi connectivity index (χ2v) is 10.2. The van der Waals surface area contributed by atoms with Gasteiger partial charge in [0.15, 0.2) is 6.04 Å². The lowest BCUT2D eigenvalue weighted by Crippen LogP contribution is -2.41. The van der Waals surface area contributed by atoms with Crippen molar-refractivity contribution in [3.05, 3.63) is 58.0 Å². The Kier molecular flexibility index (Phi) is 4.88. The van der Waals surface area contributed by atoms with Gasteiger partial charge in [0.2, 0.25) is 5.54 Å². The summed E-state index contributed by atoms with van der Waals surface area (Å²) in [4.78, 5) is 14.4. The molecule has 1 aromatic carbocycles. The first-order valence-electron chi connectivity index (χ1n) is 10.9. The summed E-state index contributed by atoms with van der Waals surface area (Å²) >= 11 is 8.62. The van der Waals surface area contributed by atoms with E-state index in [1.807, 2.05) is 18.7 Å². The van der Waals surface area contributed by atoms with Gasteiger partial charge < -0.3 is 4.74 Å². The second kappa shape index (κ2) is 7.18. The number of allylic oxidation sites excluding steroid dienone is 2. The molecule has 1 spiro atoms. The zero-order valence-corrected chi connectivity index (χ0v) is 18.8. The summed E-state index contributed by atoms with van der Waals surface area (Å²) in [6.45, 7) is 6.82. The fourth-order valence-electron chi connectivity index (χ4n) is 6.67. The molecule has 2 saturated heterocycles. The number of thioether (sulfide) groups is 1. The Morgan fingerprint density at radius 1 is 1.34 bits per heavy atom. The first-order valence-corrected chi connectivity index (χ1v) is 12.3. The van der Waals surface area contributed by atoms with Crippen LogP contribution in [0.2, 0.25) is 0 Å². The molecule has 3 nitrogen and oxygen atoms in total. The third kappa shape index (κ3) is 2.58. The molecule has 5 atom stereocenters. The molecule has 154 valence electrons. The highest BCUT2D eigenvalue weighted by molar-refractivity contribution is 8.02. The fraction of sp³-hybridized carbons (Fsp3) is 0.542. The maximum atomic E-state index is 13.0.